The molecular formula is C4H3F2N3O2. The molecule has 0 aliphatic carbocycles. The van der Waals surface area contributed by atoms with Crippen LogP contribution in [0.1, 0.15) is 0 Å². The quantitative estimate of drug-likeness (QED) is 0.344. The maximum Gasteiger partial charge on any atom is 0.320 e. The van der Waals surface area contributed by atoms with Crippen LogP contribution in [0.15, 0.2) is 16.6 Å². The lowest BCUT2D eigenvalue weighted by Gasteiger charge is -2.04. The van der Waals surface area contributed by atoms with Crippen molar-refractivity contribution in [3.63, 3.8) is 0 Å². The Bertz CT molecular complexity index is 260. The highest BCUT2D eigenvalue weighted by Crippen LogP contribution is 2.09. The molecule has 1 N–H and O–H groups in total. The molecule has 7 heteroatoms. The Balaban J connectivity index is 2.83. The number of hydrogen-bond donors (Lipinski definition) is 1. The average molecular weight is 163 g/mol. The van der Waals surface area contributed by atoms with Crippen LogP contribution in [0.2, 0.25) is 0 Å². The summed E-state index contributed by atoms with van der Waals surface area (Å²) in [7, 11) is 0. The molecule has 5 nitrogen and oxygen atoms in total. The van der Waals surface area contributed by atoms with Gasteiger partial charge in [-0.2, -0.15) is 8.78 Å². The van der Waals surface area contributed by atoms with Gasteiger partial charge in [-0.3, -0.25) is 15.4 Å². The van der Waals surface area contributed by atoms with Crippen molar-refractivity contribution in [2.24, 2.45) is 4.99 Å². The van der Waals surface area contributed by atoms with Crippen LogP contribution in [-0.4, -0.2) is 17.6 Å². The molecule has 0 amide bonds. The second kappa shape index (κ2) is 2.60. The summed E-state index contributed by atoms with van der Waals surface area (Å²) in [6.45, 7) is -0.572. The predicted molar refractivity (Wildman–Crippen MR) is 31.7 cm³/mol. The van der Waals surface area contributed by atoms with Crippen LogP contribution in [0.25, 0.3) is 0 Å². The van der Waals surface area contributed by atoms with E-state index in [9.17, 15) is 18.9 Å². The van der Waals surface area contributed by atoms with Gasteiger partial charge in [-0.05, 0) is 0 Å². The molecule has 1 aliphatic rings. The van der Waals surface area contributed by atoms with Crippen LogP contribution >= 0.6 is 0 Å². The fraction of sp³-hybridized carbons (Fsp3) is 0.250. The summed E-state index contributed by atoms with van der Waals surface area (Å²) in [6.07, 6.45) is -1.15. The van der Waals surface area contributed by atoms with Crippen LogP contribution in [0.5, 0.6) is 0 Å². The Labute approximate surface area is 59.6 Å². The SMILES string of the molecule is O=[N+]([O-])C1=C(F)NC(F)=NC1. The van der Waals surface area contributed by atoms with Crippen molar-refractivity contribution in [2.75, 3.05) is 6.54 Å². The standard InChI is InChI=1S/C4H3F2N3O2/c5-3-2(9(10)11)1-7-4(6)8-3/h1H2,(H,7,8). The molecule has 0 saturated heterocycles. The van der Waals surface area contributed by atoms with E-state index in [0.717, 1.165) is 0 Å². The van der Waals surface area contributed by atoms with E-state index in [0.29, 0.717) is 0 Å². The lowest BCUT2D eigenvalue weighted by molar-refractivity contribution is -0.428. The van der Waals surface area contributed by atoms with Gasteiger partial charge in [-0.1, -0.05) is 0 Å². The average Bonchev–Trinajstić information content (AvgIpc) is 1.85. The number of aliphatic imine (C=N–C) groups is 1. The molecule has 0 unspecified atom stereocenters. The van der Waals surface area contributed by atoms with Crippen molar-refractivity contribution >= 4 is 6.09 Å². The van der Waals surface area contributed by atoms with Gasteiger partial charge < -0.3 is 0 Å². The zero-order valence-corrected chi connectivity index (χ0v) is 5.17. The minimum absolute atomic E-state index is 0.572. The van der Waals surface area contributed by atoms with E-state index in [1.165, 1.54) is 5.32 Å². The Hall–Kier alpha value is -1.53. The van der Waals surface area contributed by atoms with Gasteiger partial charge in [-0.15, -0.1) is 0 Å². The lowest BCUT2D eigenvalue weighted by atomic mass is 10.4. The summed E-state index contributed by atoms with van der Waals surface area (Å²) in [5, 5.41) is 11.4. The maximum absolute atomic E-state index is 12.4. The molecule has 1 heterocycles. The van der Waals surface area contributed by atoms with Crippen molar-refractivity contribution in [3.8, 4) is 0 Å². The molecule has 0 saturated carbocycles. The van der Waals surface area contributed by atoms with Gasteiger partial charge in [0.15, 0.2) is 0 Å². The van der Waals surface area contributed by atoms with E-state index in [4.69, 9.17) is 0 Å². The van der Waals surface area contributed by atoms with E-state index in [1.807, 2.05) is 0 Å². The number of nitro groups is 1. The molecule has 11 heavy (non-hydrogen) atoms. The fourth-order valence-corrected chi connectivity index (χ4v) is 0.554. The van der Waals surface area contributed by atoms with E-state index >= 15 is 0 Å². The first-order valence-corrected chi connectivity index (χ1v) is 2.61. The number of nitrogens with zero attached hydrogens (tertiary/aromatic N) is 2. The first kappa shape index (κ1) is 7.58. The Morgan fingerprint density at radius 1 is 1.64 bits per heavy atom. The molecule has 1 aliphatic heterocycles. The van der Waals surface area contributed by atoms with Gasteiger partial charge in [-0.25, -0.2) is 4.99 Å². The molecule has 0 fully saturated rings. The highest BCUT2D eigenvalue weighted by atomic mass is 19.1. The number of amidine groups is 1. The topological polar surface area (TPSA) is 67.5 Å². The van der Waals surface area contributed by atoms with Crippen LogP contribution in [0.4, 0.5) is 8.78 Å². The Kier molecular flexibility index (Phi) is 1.79. The number of nitrogens with one attached hydrogen (secondary N) is 1. The number of rotatable bonds is 1. The van der Waals surface area contributed by atoms with E-state index in [-0.39, 0.29) is 0 Å². The second-order valence-corrected chi connectivity index (χ2v) is 1.75. The Morgan fingerprint density at radius 2 is 2.27 bits per heavy atom. The molecule has 60 valence electrons. The van der Waals surface area contributed by atoms with Gasteiger partial charge in [0.2, 0.25) is 0 Å². The minimum atomic E-state index is -1.29. The monoisotopic (exact) mass is 163 g/mol. The summed E-state index contributed by atoms with van der Waals surface area (Å²) < 4.78 is 24.4. The summed E-state index contributed by atoms with van der Waals surface area (Å²) >= 11 is 0. The third-order valence-corrected chi connectivity index (χ3v) is 1.05. The van der Waals surface area contributed by atoms with Crippen LogP contribution in [0.3, 0.4) is 0 Å². The first-order valence-electron chi connectivity index (χ1n) is 2.61. The maximum atomic E-state index is 12.4. The van der Waals surface area contributed by atoms with Crippen molar-refractivity contribution in [2.45, 2.75) is 0 Å². The largest absolute Gasteiger partial charge is 0.320 e. The smallest absolute Gasteiger partial charge is 0.287 e. The second-order valence-electron chi connectivity index (χ2n) is 1.75. The molecule has 0 radical (unpaired) electrons. The number of halogens is 2. The van der Waals surface area contributed by atoms with Crippen molar-refractivity contribution < 1.29 is 13.7 Å². The lowest BCUT2D eigenvalue weighted by Crippen LogP contribution is -2.25. The van der Waals surface area contributed by atoms with Crippen LogP contribution < -0.4 is 5.32 Å². The predicted octanol–water partition coefficient (Wildman–Crippen LogP) is 0.330. The highest BCUT2D eigenvalue weighted by Gasteiger charge is 2.23. The minimum Gasteiger partial charge on any atom is -0.287 e. The first-order chi connectivity index (χ1) is 5.11. The molecular weight excluding hydrogens is 160 g/mol. The summed E-state index contributed by atoms with van der Waals surface area (Å²) in [5.74, 6) is -1.29. The third kappa shape index (κ3) is 1.48. The fourth-order valence-electron chi connectivity index (χ4n) is 0.554. The van der Waals surface area contributed by atoms with Gasteiger partial charge >= 0.3 is 5.70 Å². The van der Waals surface area contributed by atoms with Crippen LogP contribution in [-0.2, 0) is 0 Å². The van der Waals surface area contributed by atoms with Gasteiger partial charge in [0.25, 0.3) is 12.0 Å². The van der Waals surface area contributed by atoms with Gasteiger partial charge in [0.1, 0.15) is 6.54 Å². The highest BCUT2D eigenvalue weighted by molar-refractivity contribution is 5.75. The zero-order valence-electron chi connectivity index (χ0n) is 5.17. The number of hydrogen-bond acceptors (Lipinski definition) is 4. The third-order valence-electron chi connectivity index (χ3n) is 1.05. The molecule has 1 rings (SSSR count). The summed E-state index contributed by atoms with van der Waals surface area (Å²) in [5.41, 5.74) is -0.758. The van der Waals surface area contributed by atoms with Crippen molar-refractivity contribution in [1.82, 2.24) is 5.32 Å². The molecule has 0 bridgehead atoms. The van der Waals surface area contributed by atoms with E-state index < -0.39 is 29.2 Å². The summed E-state index contributed by atoms with van der Waals surface area (Å²) in [6, 6.07) is 0. The van der Waals surface area contributed by atoms with Crippen molar-refractivity contribution in [3.05, 3.63) is 21.8 Å². The van der Waals surface area contributed by atoms with E-state index in [1.54, 1.807) is 0 Å². The molecule has 0 aromatic heterocycles. The molecule has 0 aromatic rings. The zero-order chi connectivity index (χ0) is 8.43. The summed E-state index contributed by atoms with van der Waals surface area (Å²) in [4.78, 5) is 12.0. The van der Waals surface area contributed by atoms with E-state index in [2.05, 4.69) is 4.99 Å². The molecule has 0 spiro atoms. The Morgan fingerprint density at radius 3 is 2.73 bits per heavy atom. The van der Waals surface area contributed by atoms with Gasteiger partial charge in [0.05, 0.1) is 4.92 Å². The van der Waals surface area contributed by atoms with Crippen LogP contribution in [0, 0.1) is 10.1 Å². The van der Waals surface area contributed by atoms with Gasteiger partial charge in [0, 0.05) is 0 Å². The molecule has 0 atom stereocenters. The van der Waals surface area contributed by atoms with Crippen molar-refractivity contribution in [1.29, 1.82) is 0 Å². The normalized spacial score (nSPS) is 17.5. The molecule has 0 aromatic carbocycles.